The molecule has 6 nitrogen and oxygen atoms in total. The maximum Gasteiger partial charge on any atom is 0.193 e. The van der Waals surface area contributed by atoms with E-state index in [1.807, 2.05) is 25.0 Å². The minimum absolute atomic E-state index is 0.396. The lowest BCUT2D eigenvalue weighted by molar-refractivity contribution is 0.119. The lowest BCUT2D eigenvalue weighted by Gasteiger charge is -2.28. The number of hydrogen-bond donors (Lipinski definition) is 1. The van der Waals surface area contributed by atoms with Gasteiger partial charge in [0.05, 0.1) is 12.3 Å². The highest BCUT2D eigenvalue weighted by Gasteiger charge is 2.25. The van der Waals surface area contributed by atoms with Crippen LogP contribution in [0, 0.1) is 5.92 Å². The fourth-order valence-corrected chi connectivity index (χ4v) is 4.04. The lowest BCUT2D eigenvalue weighted by atomic mass is 9.96. The smallest absolute Gasteiger partial charge is 0.193 e. The molecule has 1 aliphatic heterocycles. The summed E-state index contributed by atoms with van der Waals surface area (Å²) in [6, 6.07) is 8.35. The number of guanidine groups is 1. The van der Waals surface area contributed by atoms with E-state index in [-0.39, 0.29) is 0 Å². The monoisotopic (exact) mass is 381 g/mol. The van der Waals surface area contributed by atoms with Crippen LogP contribution < -0.4 is 10.1 Å². The molecule has 2 fully saturated rings. The van der Waals surface area contributed by atoms with Gasteiger partial charge in [-0.05, 0) is 49.7 Å². The van der Waals surface area contributed by atoms with E-state index in [1.54, 1.807) is 0 Å². The van der Waals surface area contributed by atoms with Gasteiger partial charge in [-0.1, -0.05) is 18.2 Å². The van der Waals surface area contributed by atoms with Gasteiger partial charge in [-0.3, -0.25) is 9.67 Å². The van der Waals surface area contributed by atoms with E-state index in [9.17, 15) is 0 Å². The van der Waals surface area contributed by atoms with Gasteiger partial charge in [0.2, 0.25) is 0 Å². The standard InChI is InChI=1S/C22H31N5O/c1-23-22(27-11-10-17(16-27)12-18-13-25-26(2)15-18)24-14-19-6-3-4-9-21(19)28-20-7-5-8-20/h3-4,6,9,13,15,17,20H,5,7-8,10-12,14,16H2,1-2H3,(H,23,24). The molecule has 6 heteroatoms. The van der Waals surface area contributed by atoms with Crippen molar-refractivity contribution in [3.05, 3.63) is 47.8 Å². The van der Waals surface area contributed by atoms with Crippen molar-refractivity contribution < 1.29 is 4.74 Å². The minimum atomic E-state index is 0.396. The molecule has 1 aromatic carbocycles. The molecule has 2 aromatic rings. The highest BCUT2D eigenvalue weighted by Crippen LogP contribution is 2.27. The van der Waals surface area contributed by atoms with Crippen LogP contribution in [-0.4, -0.2) is 46.9 Å². The molecule has 2 aliphatic rings. The van der Waals surface area contributed by atoms with Crippen molar-refractivity contribution >= 4 is 5.96 Å². The number of aryl methyl sites for hydroxylation is 1. The Balaban J connectivity index is 1.32. The number of rotatable bonds is 6. The average Bonchev–Trinajstić information content (AvgIpc) is 3.29. The molecule has 1 aliphatic carbocycles. The molecule has 1 atom stereocenters. The van der Waals surface area contributed by atoms with Crippen LogP contribution in [0.25, 0.3) is 0 Å². The number of ether oxygens (including phenoxy) is 1. The quantitative estimate of drug-likeness (QED) is 0.617. The number of nitrogens with zero attached hydrogens (tertiary/aromatic N) is 4. The summed E-state index contributed by atoms with van der Waals surface area (Å²) in [6.07, 6.45) is 10.4. The zero-order valence-corrected chi connectivity index (χ0v) is 17.0. The molecule has 1 saturated heterocycles. The van der Waals surface area contributed by atoms with Crippen molar-refractivity contribution in [3.8, 4) is 5.75 Å². The number of aromatic nitrogens is 2. The zero-order valence-electron chi connectivity index (χ0n) is 17.0. The number of benzene rings is 1. The second-order valence-corrected chi connectivity index (χ2v) is 8.01. The molecule has 0 radical (unpaired) electrons. The summed E-state index contributed by atoms with van der Waals surface area (Å²) in [6.45, 7) is 2.82. The molecule has 0 bridgehead atoms. The molecule has 0 amide bonds. The lowest BCUT2D eigenvalue weighted by Crippen LogP contribution is -2.39. The van der Waals surface area contributed by atoms with Crippen LogP contribution in [0.15, 0.2) is 41.7 Å². The molecular formula is C22H31N5O. The van der Waals surface area contributed by atoms with Gasteiger partial charge in [-0.15, -0.1) is 0 Å². The first-order valence-corrected chi connectivity index (χ1v) is 10.4. The number of likely N-dealkylation sites (tertiary alicyclic amines) is 1. The Hall–Kier alpha value is -2.50. The molecule has 1 saturated carbocycles. The van der Waals surface area contributed by atoms with Crippen molar-refractivity contribution in [2.45, 2.75) is 44.8 Å². The van der Waals surface area contributed by atoms with Crippen LogP contribution in [0.3, 0.4) is 0 Å². The van der Waals surface area contributed by atoms with Gasteiger partial charge in [-0.2, -0.15) is 5.10 Å². The van der Waals surface area contributed by atoms with Crippen molar-refractivity contribution in [2.75, 3.05) is 20.1 Å². The fraction of sp³-hybridized carbons (Fsp3) is 0.545. The second-order valence-electron chi connectivity index (χ2n) is 8.01. The summed E-state index contributed by atoms with van der Waals surface area (Å²) < 4.78 is 8.04. The van der Waals surface area contributed by atoms with Crippen LogP contribution in [0.5, 0.6) is 5.75 Å². The van der Waals surface area contributed by atoms with Crippen molar-refractivity contribution in [1.29, 1.82) is 0 Å². The first kappa shape index (κ1) is 18.8. The van der Waals surface area contributed by atoms with Gasteiger partial charge in [0, 0.05) is 45.5 Å². The van der Waals surface area contributed by atoms with Gasteiger partial charge in [0.25, 0.3) is 0 Å². The van der Waals surface area contributed by atoms with E-state index < -0.39 is 0 Å². The maximum absolute atomic E-state index is 6.16. The van der Waals surface area contributed by atoms with Crippen molar-refractivity contribution in [2.24, 2.45) is 18.0 Å². The minimum Gasteiger partial charge on any atom is -0.490 e. The SMILES string of the molecule is CN=C(NCc1ccccc1OC1CCC1)N1CCC(Cc2cnn(C)c2)C1. The summed E-state index contributed by atoms with van der Waals surface area (Å²) in [5.74, 6) is 2.63. The first-order valence-electron chi connectivity index (χ1n) is 10.4. The van der Waals surface area contributed by atoms with E-state index in [2.05, 4.69) is 50.8 Å². The van der Waals surface area contributed by atoms with Crippen LogP contribution in [0.2, 0.25) is 0 Å². The summed E-state index contributed by atoms with van der Waals surface area (Å²) >= 11 is 0. The molecule has 28 heavy (non-hydrogen) atoms. The zero-order chi connectivity index (χ0) is 19.3. The van der Waals surface area contributed by atoms with E-state index in [0.29, 0.717) is 12.0 Å². The average molecular weight is 382 g/mol. The second kappa shape index (κ2) is 8.67. The molecule has 150 valence electrons. The Morgan fingerprint density at radius 2 is 2.14 bits per heavy atom. The third-order valence-corrected chi connectivity index (χ3v) is 5.84. The molecule has 2 heterocycles. The first-order chi connectivity index (χ1) is 13.7. The Labute approximate surface area is 167 Å². The van der Waals surface area contributed by atoms with Gasteiger partial charge in [0.1, 0.15) is 5.75 Å². The summed E-state index contributed by atoms with van der Waals surface area (Å²) in [5, 5.41) is 7.83. The van der Waals surface area contributed by atoms with Crippen LogP contribution >= 0.6 is 0 Å². The van der Waals surface area contributed by atoms with Crippen molar-refractivity contribution in [1.82, 2.24) is 20.0 Å². The molecular weight excluding hydrogens is 350 g/mol. The number of nitrogens with one attached hydrogen (secondary N) is 1. The Morgan fingerprint density at radius 1 is 1.29 bits per heavy atom. The van der Waals surface area contributed by atoms with Crippen LogP contribution in [-0.2, 0) is 20.0 Å². The van der Waals surface area contributed by atoms with Gasteiger partial charge >= 0.3 is 0 Å². The van der Waals surface area contributed by atoms with Gasteiger partial charge < -0.3 is 15.0 Å². The summed E-state index contributed by atoms with van der Waals surface area (Å²) in [4.78, 5) is 6.89. The normalized spacial score (nSPS) is 20.3. The largest absolute Gasteiger partial charge is 0.490 e. The highest BCUT2D eigenvalue weighted by atomic mass is 16.5. The number of hydrogen-bond acceptors (Lipinski definition) is 3. The Morgan fingerprint density at radius 3 is 2.86 bits per heavy atom. The third-order valence-electron chi connectivity index (χ3n) is 5.84. The third kappa shape index (κ3) is 4.49. The molecule has 4 rings (SSSR count). The van der Waals surface area contributed by atoms with Gasteiger partial charge in [0.15, 0.2) is 5.96 Å². The molecule has 0 spiro atoms. The van der Waals surface area contributed by atoms with Crippen LogP contribution in [0.1, 0.15) is 36.8 Å². The predicted octanol–water partition coefficient (Wildman–Crippen LogP) is 2.99. The Bertz CT molecular complexity index is 811. The van der Waals surface area contributed by atoms with E-state index in [1.165, 1.54) is 36.8 Å². The topological polar surface area (TPSA) is 54.7 Å². The molecule has 1 unspecified atom stereocenters. The summed E-state index contributed by atoms with van der Waals surface area (Å²) in [5.41, 5.74) is 2.51. The maximum atomic E-state index is 6.16. The molecule has 1 aromatic heterocycles. The number of para-hydroxylation sites is 1. The predicted molar refractivity (Wildman–Crippen MR) is 111 cm³/mol. The fourth-order valence-electron chi connectivity index (χ4n) is 4.04. The van der Waals surface area contributed by atoms with E-state index in [0.717, 1.165) is 37.8 Å². The van der Waals surface area contributed by atoms with Crippen LogP contribution in [0.4, 0.5) is 0 Å². The van der Waals surface area contributed by atoms with E-state index in [4.69, 9.17) is 4.74 Å². The Kier molecular flexibility index (Phi) is 5.84. The molecule has 1 N–H and O–H groups in total. The number of aliphatic imine (C=N–C) groups is 1. The summed E-state index contributed by atoms with van der Waals surface area (Å²) in [7, 11) is 3.84. The van der Waals surface area contributed by atoms with Gasteiger partial charge in [-0.25, -0.2) is 0 Å². The van der Waals surface area contributed by atoms with E-state index >= 15 is 0 Å². The highest BCUT2D eigenvalue weighted by molar-refractivity contribution is 5.80. The van der Waals surface area contributed by atoms with Crippen molar-refractivity contribution in [3.63, 3.8) is 0 Å².